The summed E-state index contributed by atoms with van der Waals surface area (Å²) < 4.78 is 29.2. The van der Waals surface area contributed by atoms with Gasteiger partial charge in [0.1, 0.15) is 11.4 Å². The lowest BCUT2D eigenvalue weighted by molar-refractivity contribution is -0.384. The van der Waals surface area contributed by atoms with Gasteiger partial charge in [0.15, 0.2) is 0 Å². The molecule has 6 nitrogen and oxygen atoms in total. The van der Waals surface area contributed by atoms with Gasteiger partial charge >= 0.3 is 6.61 Å². The molecule has 0 fully saturated rings. The fourth-order valence-electron chi connectivity index (χ4n) is 1.90. The van der Waals surface area contributed by atoms with Crippen LogP contribution in [-0.2, 0) is 0 Å². The van der Waals surface area contributed by atoms with E-state index in [-0.39, 0.29) is 17.1 Å². The first-order valence-electron chi connectivity index (χ1n) is 6.57. The van der Waals surface area contributed by atoms with Crippen molar-refractivity contribution in [2.75, 3.05) is 5.43 Å². The zero-order valence-corrected chi connectivity index (χ0v) is 12.1. The van der Waals surface area contributed by atoms with Crippen molar-refractivity contribution < 1.29 is 18.4 Å². The zero-order valence-electron chi connectivity index (χ0n) is 12.1. The Kier molecular flexibility index (Phi) is 5.19. The van der Waals surface area contributed by atoms with E-state index in [1.54, 1.807) is 31.2 Å². The lowest BCUT2D eigenvalue weighted by atomic mass is 10.1. The van der Waals surface area contributed by atoms with E-state index in [9.17, 15) is 18.9 Å². The molecule has 2 aromatic carbocycles. The van der Waals surface area contributed by atoms with Crippen molar-refractivity contribution >= 4 is 17.1 Å². The van der Waals surface area contributed by atoms with E-state index in [0.29, 0.717) is 11.3 Å². The Hall–Kier alpha value is -3.03. The summed E-state index contributed by atoms with van der Waals surface area (Å²) in [4.78, 5) is 10.4. The van der Waals surface area contributed by atoms with Crippen LogP contribution in [0.1, 0.15) is 12.5 Å². The van der Waals surface area contributed by atoms with Gasteiger partial charge in [-0.1, -0.05) is 24.3 Å². The third-order valence-corrected chi connectivity index (χ3v) is 2.94. The number of para-hydroxylation sites is 3. The molecule has 0 saturated carbocycles. The molecule has 0 amide bonds. The van der Waals surface area contributed by atoms with Crippen LogP contribution in [0, 0.1) is 10.1 Å². The summed E-state index contributed by atoms with van der Waals surface area (Å²) in [5.74, 6) is -0.0203. The normalized spacial score (nSPS) is 11.4. The van der Waals surface area contributed by atoms with Crippen molar-refractivity contribution in [3.8, 4) is 5.75 Å². The van der Waals surface area contributed by atoms with E-state index in [2.05, 4.69) is 15.3 Å². The zero-order chi connectivity index (χ0) is 16.8. The van der Waals surface area contributed by atoms with E-state index < -0.39 is 11.5 Å². The maximum absolute atomic E-state index is 12.4. The number of ether oxygens (including phenoxy) is 1. The molecular formula is C15H13F2N3O3. The van der Waals surface area contributed by atoms with Crippen LogP contribution in [0.15, 0.2) is 53.6 Å². The number of nitro groups is 1. The summed E-state index contributed by atoms with van der Waals surface area (Å²) in [5.41, 5.74) is 3.34. The molecule has 0 aliphatic carbocycles. The van der Waals surface area contributed by atoms with Gasteiger partial charge in [0.2, 0.25) is 0 Å². The molecule has 0 atom stereocenters. The van der Waals surface area contributed by atoms with Crippen molar-refractivity contribution in [2.45, 2.75) is 13.5 Å². The number of benzene rings is 2. The average Bonchev–Trinajstić information content (AvgIpc) is 2.52. The topological polar surface area (TPSA) is 76.8 Å². The fraction of sp³-hybridized carbons (Fsp3) is 0.133. The first-order chi connectivity index (χ1) is 11.0. The van der Waals surface area contributed by atoms with Gasteiger partial charge in [-0.2, -0.15) is 13.9 Å². The molecular weight excluding hydrogens is 308 g/mol. The largest absolute Gasteiger partial charge is 0.434 e. The number of halogens is 2. The second kappa shape index (κ2) is 7.30. The van der Waals surface area contributed by atoms with Crippen LogP contribution >= 0.6 is 0 Å². The number of hydrogen-bond donors (Lipinski definition) is 1. The first-order valence-corrected chi connectivity index (χ1v) is 6.57. The maximum atomic E-state index is 12.4. The number of anilines is 1. The van der Waals surface area contributed by atoms with Crippen LogP contribution in [0.25, 0.3) is 0 Å². The second-order valence-corrected chi connectivity index (χ2v) is 4.46. The van der Waals surface area contributed by atoms with Crippen LogP contribution in [0.4, 0.5) is 20.2 Å². The second-order valence-electron chi connectivity index (χ2n) is 4.46. The molecule has 0 saturated heterocycles. The Morgan fingerprint density at radius 3 is 2.57 bits per heavy atom. The van der Waals surface area contributed by atoms with E-state index in [1.165, 1.54) is 24.3 Å². The van der Waals surface area contributed by atoms with Crippen molar-refractivity contribution in [1.82, 2.24) is 0 Å². The minimum absolute atomic E-state index is 0.0203. The van der Waals surface area contributed by atoms with Gasteiger partial charge < -0.3 is 4.74 Å². The van der Waals surface area contributed by atoms with Crippen LogP contribution in [0.3, 0.4) is 0 Å². The van der Waals surface area contributed by atoms with E-state index in [0.717, 1.165) is 0 Å². The van der Waals surface area contributed by atoms with Crippen molar-refractivity contribution in [3.05, 3.63) is 64.2 Å². The standard InChI is InChI=1S/C15H13F2N3O3/c1-10(11-6-2-5-9-14(11)23-15(16)17)18-19-12-7-3-4-8-13(12)20(21)22/h2-9,15,19H,1H3. The van der Waals surface area contributed by atoms with Crippen molar-refractivity contribution in [3.63, 3.8) is 0 Å². The first kappa shape index (κ1) is 16.3. The predicted molar refractivity (Wildman–Crippen MR) is 82.0 cm³/mol. The van der Waals surface area contributed by atoms with Gasteiger partial charge in [-0.05, 0) is 25.1 Å². The molecule has 0 radical (unpaired) electrons. The van der Waals surface area contributed by atoms with Gasteiger partial charge in [-0.3, -0.25) is 15.5 Å². The van der Waals surface area contributed by atoms with Gasteiger partial charge in [0.25, 0.3) is 5.69 Å². The molecule has 2 aromatic rings. The molecule has 0 bridgehead atoms. The number of nitrogens with zero attached hydrogens (tertiary/aromatic N) is 2. The summed E-state index contributed by atoms with van der Waals surface area (Å²) in [7, 11) is 0. The average molecular weight is 321 g/mol. The highest BCUT2D eigenvalue weighted by atomic mass is 19.3. The summed E-state index contributed by atoms with van der Waals surface area (Å²) in [6.07, 6.45) is 0. The van der Waals surface area contributed by atoms with Crippen LogP contribution in [-0.4, -0.2) is 17.2 Å². The van der Waals surface area contributed by atoms with Crippen LogP contribution in [0.2, 0.25) is 0 Å². The molecule has 120 valence electrons. The van der Waals surface area contributed by atoms with Crippen LogP contribution in [0.5, 0.6) is 5.75 Å². The van der Waals surface area contributed by atoms with E-state index in [1.807, 2.05) is 0 Å². The fourth-order valence-corrected chi connectivity index (χ4v) is 1.90. The monoisotopic (exact) mass is 321 g/mol. The number of rotatable bonds is 6. The molecule has 0 aliphatic heterocycles. The summed E-state index contributed by atoms with van der Waals surface area (Å²) in [6.45, 7) is -1.37. The SMILES string of the molecule is CC(=NNc1ccccc1[N+](=O)[O-])c1ccccc1OC(F)F. The third kappa shape index (κ3) is 4.22. The minimum Gasteiger partial charge on any atom is -0.434 e. The quantitative estimate of drug-likeness (QED) is 0.495. The number of nitrogens with one attached hydrogen (secondary N) is 1. The maximum Gasteiger partial charge on any atom is 0.387 e. The lowest BCUT2D eigenvalue weighted by Gasteiger charge is -2.10. The van der Waals surface area contributed by atoms with Gasteiger partial charge in [-0.15, -0.1) is 0 Å². The van der Waals surface area contributed by atoms with E-state index >= 15 is 0 Å². The Labute approximate surface area is 130 Å². The molecule has 0 aromatic heterocycles. The predicted octanol–water partition coefficient (Wildman–Crippen LogP) is 4.03. The number of hydrogen-bond acceptors (Lipinski definition) is 5. The number of nitro benzene ring substituents is 1. The van der Waals surface area contributed by atoms with Gasteiger partial charge in [-0.25, -0.2) is 0 Å². The third-order valence-electron chi connectivity index (χ3n) is 2.94. The number of alkyl halides is 2. The van der Waals surface area contributed by atoms with Gasteiger partial charge in [0, 0.05) is 11.6 Å². The molecule has 2 rings (SSSR count). The molecule has 8 heteroatoms. The molecule has 0 spiro atoms. The summed E-state index contributed by atoms with van der Waals surface area (Å²) in [6, 6.07) is 12.2. The lowest BCUT2D eigenvalue weighted by Crippen LogP contribution is -2.08. The molecule has 0 heterocycles. The highest BCUT2D eigenvalue weighted by Gasteiger charge is 2.13. The highest BCUT2D eigenvalue weighted by molar-refractivity contribution is 6.01. The highest BCUT2D eigenvalue weighted by Crippen LogP contribution is 2.24. The van der Waals surface area contributed by atoms with Gasteiger partial charge in [0.05, 0.1) is 10.6 Å². The molecule has 23 heavy (non-hydrogen) atoms. The molecule has 0 unspecified atom stereocenters. The summed E-state index contributed by atoms with van der Waals surface area (Å²) in [5, 5.41) is 14.9. The van der Waals surface area contributed by atoms with Crippen molar-refractivity contribution in [2.24, 2.45) is 5.10 Å². The number of hydrazone groups is 1. The smallest absolute Gasteiger partial charge is 0.387 e. The van der Waals surface area contributed by atoms with E-state index in [4.69, 9.17) is 0 Å². The van der Waals surface area contributed by atoms with Crippen LogP contribution < -0.4 is 10.2 Å². The summed E-state index contributed by atoms with van der Waals surface area (Å²) >= 11 is 0. The Morgan fingerprint density at radius 2 is 1.87 bits per heavy atom. The molecule has 0 aliphatic rings. The van der Waals surface area contributed by atoms with Crippen molar-refractivity contribution in [1.29, 1.82) is 0 Å². The molecule has 1 N–H and O–H groups in total. The Morgan fingerprint density at radius 1 is 1.22 bits per heavy atom. The Balaban J connectivity index is 2.26. The Bertz CT molecular complexity index is 735. The minimum atomic E-state index is -2.95.